The van der Waals surface area contributed by atoms with E-state index in [1.54, 1.807) is 0 Å². The van der Waals surface area contributed by atoms with Gasteiger partial charge in [-0.3, -0.25) is 9.69 Å². The summed E-state index contributed by atoms with van der Waals surface area (Å²) in [5, 5.41) is 3.03. The lowest BCUT2D eigenvalue weighted by Gasteiger charge is -2.33. The number of carbonyl (C=O) groups is 1. The van der Waals surface area contributed by atoms with Crippen LogP contribution < -0.4 is 11.1 Å². The summed E-state index contributed by atoms with van der Waals surface area (Å²) < 4.78 is 5.46. The summed E-state index contributed by atoms with van der Waals surface area (Å²) in [7, 11) is 0. The first-order valence-electron chi connectivity index (χ1n) is 6.32. The highest BCUT2D eigenvalue weighted by Crippen LogP contribution is 2.08. The molecule has 1 fully saturated rings. The van der Waals surface area contributed by atoms with Crippen molar-refractivity contribution in [1.29, 1.82) is 0 Å². The number of rotatable bonds is 5. The van der Waals surface area contributed by atoms with Crippen molar-refractivity contribution in [3.8, 4) is 0 Å². The quantitative estimate of drug-likeness (QED) is 0.710. The number of ether oxygens (including phenoxy) is 1. The Morgan fingerprint density at radius 3 is 2.88 bits per heavy atom. The maximum Gasteiger partial charge on any atom is 0.234 e. The van der Waals surface area contributed by atoms with Crippen molar-refractivity contribution in [1.82, 2.24) is 10.2 Å². The van der Waals surface area contributed by atoms with Gasteiger partial charge in [0.25, 0.3) is 0 Å². The Labute approximate surface area is 104 Å². The number of carbonyl (C=O) groups excluding carboxylic acids is 1. The SMILES string of the molecule is CCC(C)(C)NC(=O)CN1CCOC(CN)C1. The minimum absolute atomic E-state index is 0.0655. The van der Waals surface area contributed by atoms with E-state index >= 15 is 0 Å². The molecular weight excluding hydrogens is 218 g/mol. The van der Waals surface area contributed by atoms with Crippen LogP contribution in [0.15, 0.2) is 0 Å². The number of morpholine rings is 1. The van der Waals surface area contributed by atoms with Crippen LogP contribution in [0.5, 0.6) is 0 Å². The molecule has 0 radical (unpaired) electrons. The van der Waals surface area contributed by atoms with Gasteiger partial charge >= 0.3 is 0 Å². The number of amides is 1. The van der Waals surface area contributed by atoms with E-state index < -0.39 is 0 Å². The fourth-order valence-electron chi connectivity index (χ4n) is 1.78. The Kier molecular flexibility index (Phi) is 5.36. The first kappa shape index (κ1) is 14.4. The van der Waals surface area contributed by atoms with Gasteiger partial charge in [0.15, 0.2) is 0 Å². The van der Waals surface area contributed by atoms with Crippen LogP contribution in [-0.2, 0) is 9.53 Å². The summed E-state index contributed by atoms with van der Waals surface area (Å²) in [5.41, 5.74) is 5.44. The Hall–Kier alpha value is -0.650. The van der Waals surface area contributed by atoms with Crippen molar-refractivity contribution in [2.45, 2.75) is 38.8 Å². The highest BCUT2D eigenvalue weighted by molar-refractivity contribution is 5.78. The van der Waals surface area contributed by atoms with E-state index in [0.29, 0.717) is 19.7 Å². The predicted octanol–water partition coefficient (Wildman–Crippen LogP) is -0.0493. The topological polar surface area (TPSA) is 67.6 Å². The lowest BCUT2D eigenvalue weighted by molar-refractivity contribution is -0.125. The molecule has 0 aromatic rings. The minimum Gasteiger partial charge on any atom is -0.374 e. The van der Waals surface area contributed by atoms with Crippen molar-refractivity contribution < 1.29 is 9.53 Å². The van der Waals surface area contributed by atoms with Crippen LogP contribution in [-0.4, -0.2) is 55.2 Å². The Balaban J connectivity index is 2.35. The smallest absolute Gasteiger partial charge is 0.234 e. The van der Waals surface area contributed by atoms with Crippen LogP contribution in [0, 0.1) is 0 Å². The van der Waals surface area contributed by atoms with Crippen LogP contribution >= 0.6 is 0 Å². The molecule has 100 valence electrons. The summed E-state index contributed by atoms with van der Waals surface area (Å²) in [4.78, 5) is 14.0. The summed E-state index contributed by atoms with van der Waals surface area (Å²) in [6.07, 6.45) is 0.989. The van der Waals surface area contributed by atoms with Gasteiger partial charge < -0.3 is 15.8 Å². The molecule has 1 saturated heterocycles. The second-order valence-corrected chi connectivity index (χ2v) is 5.25. The molecule has 1 rings (SSSR count). The van der Waals surface area contributed by atoms with Crippen molar-refractivity contribution in [3.05, 3.63) is 0 Å². The van der Waals surface area contributed by atoms with E-state index in [-0.39, 0.29) is 17.6 Å². The van der Waals surface area contributed by atoms with E-state index in [1.165, 1.54) is 0 Å². The van der Waals surface area contributed by atoms with Gasteiger partial charge in [-0.15, -0.1) is 0 Å². The van der Waals surface area contributed by atoms with Gasteiger partial charge in [0.2, 0.25) is 5.91 Å². The van der Waals surface area contributed by atoms with Gasteiger partial charge in [0.05, 0.1) is 19.3 Å². The molecule has 1 aliphatic rings. The third kappa shape index (κ3) is 5.02. The van der Waals surface area contributed by atoms with Crippen molar-refractivity contribution in [2.75, 3.05) is 32.8 Å². The van der Waals surface area contributed by atoms with Gasteiger partial charge in [-0.25, -0.2) is 0 Å². The van der Waals surface area contributed by atoms with Gasteiger partial charge in [0.1, 0.15) is 0 Å². The fraction of sp³-hybridized carbons (Fsp3) is 0.917. The van der Waals surface area contributed by atoms with Gasteiger partial charge in [-0.2, -0.15) is 0 Å². The zero-order valence-electron chi connectivity index (χ0n) is 11.2. The second kappa shape index (κ2) is 6.33. The van der Waals surface area contributed by atoms with E-state index in [0.717, 1.165) is 19.5 Å². The van der Waals surface area contributed by atoms with Crippen molar-refractivity contribution in [2.24, 2.45) is 5.73 Å². The highest BCUT2D eigenvalue weighted by Gasteiger charge is 2.23. The largest absolute Gasteiger partial charge is 0.374 e. The fourth-order valence-corrected chi connectivity index (χ4v) is 1.78. The van der Waals surface area contributed by atoms with Crippen LogP contribution in [0.2, 0.25) is 0 Å². The third-order valence-electron chi connectivity index (χ3n) is 3.21. The van der Waals surface area contributed by atoms with E-state index in [4.69, 9.17) is 10.5 Å². The van der Waals surface area contributed by atoms with Gasteiger partial charge in [-0.05, 0) is 20.3 Å². The van der Waals surface area contributed by atoms with E-state index in [1.807, 2.05) is 13.8 Å². The summed E-state index contributed by atoms with van der Waals surface area (Å²) in [6.45, 7) is 9.29. The number of nitrogens with two attached hydrogens (primary N) is 1. The molecular formula is C12H25N3O2. The molecule has 5 nitrogen and oxygen atoms in total. The van der Waals surface area contributed by atoms with Gasteiger partial charge in [-0.1, -0.05) is 6.92 Å². The number of nitrogens with zero attached hydrogens (tertiary/aromatic N) is 1. The summed E-state index contributed by atoms with van der Waals surface area (Å²) >= 11 is 0. The average molecular weight is 243 g/mol. The number of hydrogen-bond donors (Lipinski definition) is 2. The molecule has 0 aliphatic carbocycles. The summed E-state index contributed by atoms with van der Waals surface area (Å²) in [6, 6.07) is 0. The van der Waals surface area contributed by atoms with E-state index in [2.05, 4.69) is 17.1 Å². The molecule has 1 atom stereocenters. The zero-order valence-corrected chi connectivity index (χ0v) is 11.2. The molecule has 0 aromatic carbocycles. The molecule has 0 saturated carbocycles. The van der Waals surface area contributed by atoms with Crippen LogP contribution in [0.3, 0.4) is 0 Å². The highest BCUT2D eigenvalue weighted by atomic mass is 16.5. The van der Waals surface area contributed by atoms with Crippen LogP contribution in [0.1, 0.15) is 27.2 Å². The Morgan fingerprint density at radius 1 is 1.59 bits per heavy atom. The molecule has 5 heteroatoms. The van der Waals surface area contributed by atoms with Crippen LogP contribution in [0.25, 0.3) is 0 Å². The zero-order chi connectivity index (χ0) is 12.9. The Bertz CT molecular complexity index is 256. The lowest BCUT2D eigenvalue weighted by Crippen LogP contribution is -2.52. The van der Waals surface area contributed by atoms with E-state index in [9.17, 15) is 4.79 Å². The normalized spacial score (nSPS) is 22.5. The lowest BCUT2D eigenvalue weighted by atomic mass is 10.0. The third-order valence-corrected chi connectivity index (χ3v) is 3.21. The maximum atomic E-state index is 11.9. The molecule has 1 amide bonds. The monoisotopic (exact) mass is 243 g/mol. The molecule has 0 aromatic heterocycles. The molecule has 0 spiro atoms. The first-order valence-corrected chi connectivity index (χ1v) is 6.32. The second-order valence-electron chi connectivity index (χ2n) is 5.25. The van der Waals surface area contributed by atoms with Crippen molar-refractivity contribution >= 4 is 5.91 Å². The molecule has 1 aliphatic heterocycles. The summed E-state index contributed by atoms with van der Waals surface area (Å²) in [5.74, 6) is 0.0783. The maximum absolute atomic E-state index is 11.9. The molecule has 1 heterocycles. The van der Waals surface area contributed by atoms with Crippen molar-refractivity contribution in [3.63, 3.8) is 0 Å². The predicted molar refractivity (Wildman–Crippen MR) is 67.7 cm³/mol. The van der Waals surface area contributed by atoms with Gasteiger partial charge in [0, 0.05) is 25.2 Å². The molecule has 1 unspecified atom stereocenters. The molecule has 0 bridgehead atoms. The average Bonchev–Trinajstić information content (AvgIpc) is 2.28. The standard InChI is InChI=1S/C12H25N3O2/c1-4-12(2,3)14-11(16)9-15-5-6-17-10(7-13)8-15/h10H,4-9,13H2,1-3H3,(H,14,16). The molecule has 17 heavy (non-hydrogen) atoms. The number of nitrogens with one attached hydrogen (secondary N) is 1. The van der Waals surface area contributed by atoms with Crippen LogP contribution in [0.4, 0.5) is 0 Å². The molecule has 3 N–H and O–H groups in total. The Morgan fingerprint density at radius 2 is 2.29 bits per heavy atom. The number of hydrogen-bond acceptors (Lipinski definition) is 4. The first-order chi connectivity index (χ1) is 7.96. The minimum atomic E-state index is -0.128.